The van der Waals surface area contributed by atoms with E-state index in [1.54, 1.807) is 20.8 Å². The van der Waals surface area contributed by atoms with Gasteiger partial charge in [0.05, 0.1) is 22.9 Å². The van der Waals surface area contributed by atoms with Crippen molar-refractivity contribution in [3.63, 3.8) is 0 Å². The lowest BCUT2D eigenvalue weighted by Crippen LogP contribution is -2.34. The summed E-state index contributed by atoms with van der Waals surface area (Å²) in [6, 6.07) is 3.51. The molecule has 0 bridgehead atoms. The zero-order chi connectivity index (χ0) is 22.0. The van der Waals surface area contributed by atoms with Crippen LogP contribution in [0.5, 0.6) is 0 Å². The molecule has 0 aliphatic rings. The van der Waals surface area contributed by atoms with Crippen molar-refractivity contribution in [1.82, 2.24) is 14.9 Å². The summed E-state index contributed by atoms with van der Waals surface area (Å²) in [4.78, 5) is 31.0. The maximum Gasteiger partial charge on any atom is 0.410 e. The summed E-state index contributed by atoms with van der Waals surface area (Å²) in [5.74, 6) is -1.14. The lowest BCUT2D eigenvalue weighted by molar-refractivity contribution is -0.387. The molecule has 0 N–H and O–H groups in total. The number of nitro benzene ring substituents is 1. The minimum Gasteiger partial charge on any atom is -0.444 e. The van der Waals surface area contributed by atoms with Crippen LogP contribution >= 0.6 is 0 Å². The van der Waals surface area contributed by atoms with Gasteiger partial charge < -0.3 is 9.64 Å². The van der Waals surface area contributed by atoms with Crippen molar-refractivity contribution in [2.24, 2.45) is 0 Å². The minimum atomic E-state index is -2.88. The van der Waals surface area contributed by atoms with E-state index in [-0.39, 0.29) is 17.0 Å². The van der Waals surface area contributed by atoms with Crippen molar-refractivity contribution in [2.45, 2.75) is 32.9 Å². The summed E-state index contributed by atoms with van der Waals surface area (Å²) in [5.41, 5.74) is -2.13. The topological polar surface area (TPSA) is 98.5 Å². The lowest BCUT2D eigenvalue weighted by atomic mass is 10.1. The maximum atomic E-state index is 14.6. The van der Waals surface area contributed by atoms with Gasteiger partial charge in [-0.2, -0.15) is 4.39 Å². The number of halogens is 1. The number of nitrogens with zero attached hydrogens (tertiary/aromatic N) is 4. The van der Waals surface area contributed by atoms with E-state index in [9.17, 15) is 19.3 Å². The van der Waals surface area contributed by atoms with Crippen LogP contribution in [0.25, 0.3) is 11.3 Å². The van der Waals surface area contributed by atoms with Crippen LogP contribution in [0.3, 0.4) is 0 Å². The molecule has 0 aliphatic carbocycles. The van der Waals surface area contributed by atoms with E-state index in [1.165, 1.54) is 24.5 Å². The van der Waals surface area contributed by atoms with Crippen molar-refractivity contribution < 1.29 is 23.0 Å². The number of hydrogen-bond acceptors (Lipinski definition) is 6. The smallest absolute Gasteiger partial charge is 0.410 e. The Labute approximate surface area is 154 Å². The van der Waals surface area contributed by atoms with Crippen LogP contribution in [0.15, 0.2) is 30.6 Å². The number of amides is 1. The van der Waals surface area contributed by atoms with Gasteiger partial charge in [-0.3, -0.25) is 20.1 Å². The highest BCUT2D eigenvalue weighted by Gasteiger charge is 2.24. The summed E-state index contributed by atoms with van der Waals surface area (Å²) in [5, 5.41) is 11.0. The van der Waals surface area contributed by atoms with E-state index in [4.69, 9.17) is 8.85 Å². The summed E-state index contributed by atoms with van der Waals surface area (Å²) in [6.45, 7) is 1.29. The third-order valence-corrected chi connectivity index (χ3v) is 3.13. The Morgan fingerprint density at radius 1 is 1.38 bits per heavy atom. The number of aromatic nitrogens is 2. The van der Waals surface area contributed by atoms with Gasteiger partial charge in [-0.05, 0) is 26.8 Å². The highest BCUT2D eigenvalue weighted by molar-refractivity contribution is 5.69. The molecule has 1 aromatic carbocycles. The third-order valence-electron chi connectivity index (χ3n) is 3.13. The Hall–Kier alpha value is -3.10. The van der Waals surface area contributed by atoms with Gasteiger partial charge in [0.2, 0.25) is 5.82 Å². The zero-order valence-electron chi connectivity index (χ0n) is 17.4. The van der Waals surface area contributed by atoms with Crippen molar-refractivity contribution >= 4 is 11.8 Å². The third kappa shape index (κ3) is 4.50. The monoisotopic (exact) mass is 365 g/mol. The van der Waals surface area contributed by atoms with Crippen LogP contribution < -0.4 is 0 Å². The second-order valence-electron chi connectivity index (χ2n) is 6.31. The molecule has 0 saturated heterocycles. The summed E-state index contributed by atoms with van der Waals surface area (Å²) in [7, 11) is 0. The van der Waals surface area contributed by atoms with E-state index >= 15 is 0 Å². The molecule has 0 aliphatic heterocycles. The quantitative estimate of drug-likeness (QED) is 0.607. The predicted molar refractivity (Wildman–Crippen MR) is 91.8 cm³/mol. The average Bonchev–Trinajstić information content (AvgIpc) is 2.57. The molecule has 1 amide bonds. The first-order valence-corrected chi connectivity index (χ1v) is 7.55. The van der Waals surface area contributed by atoms with Crippen molar-refractivity contribution in [2.75, 3.05) is 6.98 Å². The number of carbonyl (C=O) groups is 1. The molecule has 26 heavy (non-hydrogen) atoms. The molecule has 1 heterocycles. The van der Waals surface area contributed by atoms with Crippen LogP contribution in [0.1, 0.15) is 30.6 Å². The van der Waals surface area contributed by atoms with Crippen molar-refractivity contribution in [3.8, 4) is 11.3 Å². The standard InChI is InChI=1S/C17H19FN4O4/c1-17(2,3)26-16(23)21(4)10-12-15(20-9-8-19-12)11-6-5-7-13(14(11)18)22(24)25/h5-9H,10H2,1-4H3/i4D3. The van der Waals surface area contributed by atoms with Crippen LogP contribution in [0.2, 0.25) is 0 Å². The lowest BCUT2D eigenvalue weighted by Gasteiger charge is -2.24. The number of nitro groups is 1. The number of benzene rings is 1. The summed E-state index contributed by atoms with van der Waals surface area (Å²) >= 11 is 0. The van der Waals surface area contributed by atoms with Gasteiger partial charge >= 0.3 is 11.8 Å². The fourth-order valence-corrected chi connectivity index (χ4v) is 2.08. The van der Waals surface area contributed by atoms with E-state index in [0.29, 0.717) is 4.90 Å². The Balaban J connectivity index is 2.51. The Bertz CT molecular complexity index is 932. The second-order valence-corrected chi connectivity index (χ2v) is 6.31. The van der Waals surface area contributed by atoms with Crippen LogP contribution in [0.4, 0.5) is 14.9 Å². The molecule has 2 aromatic rings. The molecule has 9 heteroatoms. The van der Waals surface area contributed by atoms with E-state index in [0.717, 1.165) is 6.07 Å². The molecule has 138 valence electrons. The number of hydrogen-bond donors (Lipinski definition) is 0. The average molecular weight is 365 g/mol. The van der Waals surface area contributed by atoms with Crippen LogP contribution in [-0.2, 0) is 11.3 Å². The molecule has 0 spiro atoms. The maximum absolute atomic E-state index is 14.6. The van der Waals surface area contributed by atoms with Gasteiger partial charge in [0.15, 0.2) is 0 Å². The predicted octanol–water partition coefficient (Wildman–Crippen LogP) is 3.56. The van der Waals surface area contributed by atoms with E-state index in [2.05, 4.69) is 9.97 Å². The first-order valence-electron chi connectivity index (χ1n) is 9.05. The first-order chi connectivity index (χ1) is 13.3. The Kier molecular flexibility index (Phi) is 4.33. The minimum absolute atomic E-state index is 0.0612. The number of ether oxygens (including phenoxy) is 1. The Morgan fingerprint density at radius 3 is 2.69 bits per heavy atom. The molecule has 0 atom stereocenters. The second kappa shape index (κ2) is 7.42. The van der Waals surface area contributed by atoms with Crippen LogP contribution in [-0.4, -0.2) is 38.5 Å². The van der Waals surface area contributed by atoms with Gasteiger partial charge in [-0.15, -0.1) is 0 Å². The molecule has 8 nitrogen and oxygen atoms in total. The molecule has 1 aromatic heterocycles. The summed E-state index contributed by atoms with van der Waals surface area (Å²) in [6.07, 6.45) is 1.35. The molecular formula is C17H19FN4O4. The van der Waals surface area contributed by atoms with E-state index in [1.807, 2.05) is 0 Å². The highest BCUT2D eigenvalue weighted by Crippen LogP contribution is 2.29. The van der Waals surface area contributed by atoms with E-state index < -0.39 is 41.6 Å². The molecule has 0 unspecified atom stereocenters. The molecule has 2 rings (SSSR count). The fourth-order valence-electron chi connectivity index (χ4n) is 2.08. The highest BCUT2D eigenvalue weighted by atomic mass is 19.1. The normalized spacial score (nSPS) is 13.3. The van der Waals surface area contributed by atoms with Crippen molar-refractivity contribution in [3.05, 3.63) is 52.2 Å². The number of carbonyl (C=O) groups excluding carboxylic acids is 1. The number of rotatable bonds is 4. The first kappa shape index (κ1) is 15.2. The van der Waals surface area contributed by atoms with Gasteiger partial charge in [-0.1, -0.05) is 6.07 Å². The van der Waals surface area contributed by atoms with Crippen LogP contribution in [0, 0.1) is 15.9 Å². The van der Waals surface area contributed by atoms with Gasteiger partial charge in [-0.25, -0.2) is 4.79 Å². The molecule has 0 fully saturated rings. The fraction of sp³-hybridized carbons (Fsp3) is 0.353. The van der Waals surface area contributed by atoms with Crippen molar-refractivity contribution in [1.29, 1.82) is 0 Å². The zero-order valence-corrected chi connectivity index (χ0v) is 14.4. The molecular weight excluding hydrogens is 343 g/mol. The molecule has 0 radical (unpaired) electrons. The summed E-state index contributed by atoms with van der Waals surface area (Å²) < 4.78 is 42.6. The largest absolute Gasteiger partial charge is 0.444 e. The molecule has 0 saturated carbocycles. The SMILES string of the molecule is [2H]C([2H])([2H])N(Cc1nccnc1-c1cccc([N+](=O)[O-])c1F)C(=O)OC(C)(C)C. The van der Waals surface area contributed by atoms with Gasteiger partial charge in [0, 0.05) is 35.1 Å². The van der Waals surface area contributed by atoms with Gasteiger partial charge in [0.25, 0.3) is 0 Å². The van der Waals surface area contributed by atoms with Gasteiger partial charge in [0.1, 0.15) is 5.60 Å². The Morgan fingerprint density at radius 2 is 2.08 bits per heavy atom.